The van der Waals surface area contributed by atoms with Crippen molar-refractivity contribution in [3.05, 3.63) is 70.8 Å². The first-order valence-corrected chi connectivity index (χ1v) is 5.45. The summed E-state index contributed by atoms with van der Waals surface area (Å²) in [4.78, 5) is 0. The lowest BCUT2D eigenvalue weighted by molar-refractivity contribution is 0.220. The molecule has 2 heteroatoms. The Labute approximate surface area is 101 Å². The molecule has 0 heterocycles. The van der Waals surface area contributed by atoms with E-state index in [-0.39, 0.29) is 0 Å². The van der Waals surface area contributed by atoms with Crippen LogP contribution in [-0.4, -0.2) is 5.11 Å². The molecule has 0 amide bonds. The van der Waals surface area contributed by atoms with E-state index in [1.165, 1.54) is 0 Å². The molecular weight excluding hydrogens is 210 g/mol. The maximum absolute atomic E-state index is 10.2. The Morgan fingerprint density at radius 3 is 2.35 bits per heavy atom. The van der Waals surface area contributed by atoms with Gasteiger partial charge in [-0.1, -0.05) is 42.0 Å². The van der Waals surface area contributed by atoms with Crippen LogP contribution in [0.15, 0.2) is 48.5 Å². The molecule has 17 heavy (non-hydrogen) atoms. The summed E-state index contributed by atoms with van der Waals surface area (Å²) in [7, 11) is 0. The van der Waals surface area contributed by atoms with Crippen molar-refractivity contribution in [1.29, 1.82) is 5.26 Å². The van der Waals surface area contributed by atoms with Crippen LogP contribution in [0.25, 0.3) is 0 Å². The van der Waals surface area contributed by atoms with Crippen molar-refractivity contribution in [3.63, 3.8) is 0 Å². The zero-order chi connectivity index (χ0) is 12.3. The number of aliphatic hydroxyl groups is 1. The average Bonchev–Trinajstić information content (AvgIpc) is 2.38. The van der Waals surface area contributed by atoms with Crippen LogP contribution < -0.4 is 0 Å². The molecule has 84 valence electrons. The maximum atomic E-state index is 10.2. The van der Waals surface area contributed by atoms with Crippen LogP contribution in [0.3, 0.4) is 0 Å². The molecular formula is C15H13NO. The zero-order valence-corrected chi connectivity index (χ0v) is 9.59. The Bertz CT molecular complexity index is 569. The fourth-order valence-electron chi connectivity index (χ4n) is 1.81. The molecule has 0 saturated carbocycles. The summed E-state index contributed by atoms with van der Waals surface area (Å²) < 4.78 is 0. The number of rotatable bonds is 2. The third-order valence-corrected chi connectivity index (χ3v) is 2.69. The van der Waals surface area contributed by atoms with Gasteiger partial charge in [-0.2, -0.15) is 5.26 Å². The number of benzene rings is 2. The monoisotopic (exact) mass is 223 g/mol. The highest BCUT2D eigenvalue weighted by molar-refractivity contribution is 5.38. The number of nitriles is 1. The zero-order valence-electron chi connectivity index (χ0n) is 9.59. The van der Waals surface area contributed by atoms with E-state index in [0.717, 1.165) is 16.7 Å². The summed E-state index contributed by atoms with van der Waals surface area (Å²) in [5, 5.41) is 19.1. The van der Waals surface area contributed by atoms with Crippen LogP contribution in [-0.2, 0) is 0 Å². The van der Waals surface area contributed by atoms with E-state index in [1.807, 2.05) is 37.3 Å². The summed E-state index contributed by atoms with van der Waals surface area (Å²) in [5.41, 5.74) is 3.27. The lowest BCUT2D eigenvalue weighted by Crippen LogP contribution is -2.00. The molecule has 0 aliphatic heterocycles. The normalized spacial score (nSPS) is 11.8. The number of aryl methyl sites for hydroxylation is 1. The molecule has 0 aliphatic rings. The molecule has 2 nitrogen and oxygen atoms in total. The van der Waals surface area contributed by atoms with Gasteiger partial charge in [0.25, 0.3) is 0 Å². The molecule has 1 N–H and O–H groups in total. The van der Waals surface area contributed by atoms with Crippen molar-refractivity contribution in [1.82, 2.24) is 0 Å². The number of aliphatic hydroxyl groups excluding tert-OH is 1. The molecule has 1 unspecified atom stereocenters. The second-order valence-corrected chi connectivity index (χ2v) is 4.05. The predicted octanol–water partition coefficient (Wildman–Crippen LogP) is 2.95. The van der Waals surface area contributed by atoms with Crippen LogP contribution in [0, 0.1) is 18.3 Å². The molecule has 0 aliphatic carbocycles. The Kier molecular flexibility index (Phi) is 3.22. The van der Waals surface area contributed by atoms with E-state index in [1.54, 1.807) is 18.2 Å². The van der Waals surface area contributed by atoms with Gasteiger partial charge in [0.1, 0.15) is 6.10 Å². The minimum atomic E-state index is -0.678. The minimum Gasteiger partial charge on any atom is -0.384 e. The van der Waals surface area contributed by atoms with Gasteiger partial charge in [0.15, 0.2) is 0 Å². The molecule has 1 atom stereocenters. The highest BCUT2D eigenvalue weighted by Crippen LogP contribution is 2.23. The van der Waals surface area contributed by atoms with Gasteiger partial charge in [0.05, 0.1) is 11.6 Å². The second-order valence-electron chi connectivity index (χ2n) is 4.05. The number of hydrogen-bond acceptors (Lipinski definition) is 2. The summed E-state index contributed by atoms with van der Waals surface area (Å²) in [6.07, 6.45) is -0.678. The van der Waals surface area contributed by atoms with Gasteiger partial charge in [-0.3, -0.25) is 0 Å². The third-order valence-electron chi connectivity index (χ3n) is 2.69. The van der Waals surface area contributed by atoms with Crippen molar-refractivity contribution < 1.29 is 5.11 Å². The van der Waals surface area contributed by atoms with Gasteiger partial charge >= 0.3 is 0 Å². The maximum Gasteiger partial charge on any atom is 0.104 e. The summed E-state index contributed by atoms with van der Waals surface area (Å²) >= 11 is 0. The highest BCUT2D eigenvalue weighted by Gasteiger charge is 2.10. The van der Waals surface area contributed by atoms with Crippen molar-refractivity contribution in [2.45, 2.75) is 13.0 Å². The molecule has 0 aromatic heterocycles. The van der Waals surface area contributed by atoms with Gasteiger partial charge < -0.3 is 5.11 Å². The fourth-order valence-corrected chi connectivity index (χ4v) is 1.81. The molecule has 2 aromatic carbocycles. The Balaban J connectivity index is 2.37. The predicted molar refractivity (Wildman–Crippen MR) is 66.4 cm³/mol. The van der Waals surface area contributed by atoms with Crippen molar-refractivity contribution in [3.8, 4) is 6.07 Å². The van der Waals surface area contributed by atoms with E-state index < -0.39 is 6.10 Å². The second kappa shape index (κ2) is 4.82. The smallest absolute Gasteiger partial charge is 0.104 e. The highest BCUT2D eigenvalue weighted by atomic mass is 16.3. The molecule has 0 radical (unpaired) electrons. The first kappa shape index (κ1) is 11.4. The standard InChI is InChI=1S/C15H13NO/c1-11-4-2-6-13(8-11)15(17)14-7-3-5-12(9-14)10-16/h2-9,15,17H,1H3. The molecule has 0 saturated heterocycles. The molecule has 0 fully saturated rings. The number of hydrogen-bond donors (Lipinski definition) is 1. The quantitative estimate of drug-likeness (QED) is 0.850. The topological polar surface area (TPSA) is 44.0 Å². The van der Waals surface area contributed by atoms with E-state index in [9.17, 15) is 5.11 Å². The van der Waals surface area contributed by atoms with Gasteiger partial charge in [-0.25, -0.2) is 0 Å². The average molecular weight is 223 g/mol. The summed E-state index contributed by atoms with van der Waals surface area (Å²) in [6, 6.07) is 16.9. The molecule has 2 rings (SSSR count). The van der Waals surface area contributed by atoms with E-state index in [2.05, 4.69) is 6.07 Å². The van der Waals surface area contributed by atoms with Crippen LogP contribution >= 0.6 is 0 Å². The molecule has 0 bridgehead atoms. The SMILES string of the molecule is Cc1cccc(C(O)c2cccc(C#N)c2)c1. The van der Waals surface area contributed by atoms with Gasteiger partial charge in [0, 0.05) is 0 Å². The molecule has 0 spiro atoms. The van der Waals surface area contributed by atoms with Crippen LogP contribution in [0.2, 0.25) is 0 Å². The summed E-state index contributed by atoms with van der Waals surface area (Å²) in [5.74, 6) is 0. The van der Waals surface area contributed by atoms with Crippen molar-refractivity contribution in [2.24, 2.45) is 0 Å². The number of nitrogens with zero attached hydrogens (tertiary/aromatic N) is 1. The lowest BCUT2D eigenvalue weighted by Gasteiger charge is -2.12. The minimum absolute atomic E-state index is 0.564. The van der Waals surface area contributed by atoms with E-state index >= 15 is 0 Å². The van der Waals surface area contributed by atoms with Gasteiger partial charge in [-0.05, 0) is 30.2 Å². The Morgan fingerprint density at radius 1 is 1.06 bits per heavy atom. The van der Waals surface area contributed by atoms with Gasteiger partial charge in [0.2, 0.25) is 0 Å². The third kappa shape index (κ3) is 2.52. The van der Waals surface area contributed by atoms with Crippen molar-refractivity contribution >= 4 is 0 Å². The summed E-state index contributed by atoms with van der Waals surface area (Å²) in [6.45, 7) is 1.99. The van der Waals surface area contributed by atoms with Crippen LogP contribution in [0.5, 0.6) is 0 Å². The van der Waals surface area contributed by atoms with Crippen molar-refractivity contribution in [2.75, 3.05) is 0 Å². The first-order valence-electron chi connectivity index (χ1n) is 5.45. The Hall–Kier alpha value is -2.11. The van der Waals surface area contributed by atoms with Crippen LogP contribution in [0.1, 0.15) is 28.4 Å². The Morgan fingerprint density at radius 2 is 1.71 bits per heavy atom. The fraction of sp³-hybridized carbons (Fsp3) is 0.133. The largest absolute Gasteiger partial charge is 0.384 e. The lowest BCUT2D eigenvalue weighted by atomic mass is 9.99. The van der Waals surface area contributed by atoms with Crippen LogP contribution in [0.4, 0.5) is 0 Å². The van der Waals surface area contributed by atoms with E-state index in [4.69, 9.17) is 5.26 Å². The first-order chi connectivity index (χ1) is 8.20. The van der Waals surface area contributed by atoms with E-state index in [0.29, 0.717) is 5.56 Å². The molecule has 2 aromatic rings. The van der Waals surface area contributed by atoms with Gasteiger partial charge in [-0.15, -0.1) is 0 Å².